The van der Waals surface area contributed by atoms with Crippen LogP contribution in [0.3, 0.4) is 0 Å². The minimum absolute atomic E-state index is 0.286. The third-order valence-electron chi connectivity index (χ3n) is 2.33. The van der Waals surface area contributed by atoms with Crippen LogP contribution in [0.2, 0.25) is 0 Å². The predicted octanol–water partition coefficient (Wildman–Crippen LogP) is 1.06. The second kappa shape index (κ2) is 8.52. The molecule has 96 valence electrons. The molecule has 5 nitrogen and oxygen atoms in total. The van der Waals surface area contributed by atoms with Gasteiger partial charge in [-0.25, -0.2) is 0 Å². The van der Waals surface area contributed by atoms with Crippen LogP contribution in [0, 0.1) is 0 Å². The summed E-state index contributed by atoms with van der Waals surface area (Å²) in [4.78, 5) is 2.00. The summed E-state index contributed by atoms with van der Waals surface area (Å²) in [5.74, 6) is 0. The van der Waals surface area contributed by atoms with Crippen LogP contribution in [0.15, 0.2) is 12.3 Å². The molecule has 0 saturated carbocycles. The zero-order valence-electron chi connectivity index (χ0n) is 10.9. The van der Waals surface area contributed by atoms with Crippen LogP contribution in [0.4, 0.5) is 0 Å². The highest BCUT2D eigenvalue weighted by molar-refractivity contribution is 4.89. The van der Waals surface area contributed by atoms with E-state index in [-0.39, 0.29) is 12.6 Å². The highest BCUT2D eigenvalue weighted by Crippen LogP contribution is 2.07. The van der Waals surface area contributed by atoms with E-state index in [2.05, 4.69) is 6.58 Å². The Morgan fingerprint density at radius 1 is 0.938 bits per heavy atom. The van der Waals surface area contributed by atoms with Gasteiger partial charge in [0.1, 0.15) is 0 Å². The minimum Gasteiger partial charge on any atom is -0.365 e. The summed E-state index contributed by atoms with van der Waals surface area (Å²) < 4.78 is 20.6. The zero-order chi connectivity index (χ0) is 12.6. The van der Waals surface area contributed by atoms with E-state index in [0.717, 1.165) is 5.70 Å². The van der Waals surface area contributed by atoms with Gasteiger partial charge in [-0.3, -0.25) is 0 Å². The number of hydrogen-bond donors (Lipinski definition) is 0. The third kappa shape index (κ3) is 5.46. The summed E-state index contributed by atoms with van der Waals surface area (Å²) in [5.41, 5.74) is 0.915. The first-order valence-corrected chi connectivity index (χ1v) is 5.10. The molecule has 0 aliphatic carbocycles. The van der Waals surface area contributed by atoms with Gasteiger partial charge in [-0.1, -0.05) is 6.58 Å². The van der Waals surface area contributed by atoms with Gasteiger partial charge in [0, 0.05) is 34.1 Å². The monoisotopic (exact) mass is 233 g/mol. The summed E-state index contributed by atoms with van der Waals surface area (Å²) in [5, 5.41) is 0. The van der Waals surface area contributed by atoms with Gasteiger partial charge in [0.15, 0.2) is 12.6 Å². The van der Waals surface area contributed by atoms with Crippen molar-refractivity contribution >= 4 is 0 Å². The van der Waals surface area contributed by atoms with E-state index in [9.17, 15) is 0 Å². The fourth-order valence-corrected chi connectivity index (χ4v) is 1.24. The summed E-state index contributed by atoms with van der Waals surface area (Å²) >= 11 is 0. The Hall–Kier alpha value is -0.620. The zero-order valence-corrected chi connectivity index (χ0v) is 10.9. The molecular formula is C11H23NO4. The van der Waals surface area contributed by atoms with E-state index in [1.54, 1.807) is 28.4 Å². The van der Waals surface area contributed by atoms with Crippen LogP contribution < -0.4 is 0 Å². The topological polar surface area (TPSA) is 40.2 Å². The third-order valence-corrected chi connectivity index (χ3v) is 2.33. The number of ether oxygens (including phenoxy) is 4. The van der Waals surface area contributed by atoms with Crippen molar-refractivity contribution < 1.29 is 18.9 Å². The number of methoxy groups -OCH3 is 4. The van der Waals surface area contributed by atoms with Gasteiger partial charge >= 0.3 is 0 Å². The number of hydrogen-bond acceptors (Lipinski definition) is 5. The molecule has 0 amide bonds. The van der Waals surface area contributed by atoms with Gasteiger partial charge in [0.2, 0.25) is 0 Å². The molecule has 0 atom stereocenters. The van der Waals surface area contributed by atoms with Crippen LogP contribution in [0.5, 0.6) is 0 Å². The van der Waals surface area contributed by atoms with Crippen molar-refractivity contribution in [3.05, 3.63) is 12.3 Å². The van der Waals surface area contributed by atoms with Crippen LogP contribution in [-0.4, -0.2) is 59.0 Å². The Labute approximate surface area is 97.9 Å². The molecular weight excluding hydrogens is 210 g/mol. The normalized spacial score (nSPS) is 11.2. The van der Waals surface area contributed by atoms with Crippen LogP contribution in [0.25, 0.3) is 0 Å². The van der Waals surface area contributed by atoms with Gasteiger partial charge in [-0.2, -0.15) is 0 Å². The van der Waals surface area contributed by atoms with Crippen molar-refractivity contribution in [2.75, 3.05) is 41.5 Å². The molecule has 0 bridgehead atoms. The maximum atomic E-state index is 5.14. The second-order valence-electron chi connectivity index (χ2n) is 3.44. The highest BCUT2D eigenvalue weighted by atomic mass is 16.7. The van der Waals surface area contributed by atoms with E-state index < -0.39 is 0 Å². The van der Waals surface area contributed by atoms with E-state index in [1.165, 1.54) is 0 Å². The number of nitrogens with zero attached hydrogens (tertiary/aromatic N) is 1. The Balaban J connectivity index is 4.31. The van der Waals surface area contributed by atoms with Crippen LogP contribution in [-0.2, 0) is 18.9 Å². The first kappa shape index (κ1) is 15.4. The number of allylic oxidation sites excluding steroid dienone is 1. The van der Waals surface area contributed by atoms with Gasteiger partial charge in [-0.15, -0.1) is 0 Å². The predicted molar refractivity (Wildman–Crippen MR) is 62.0 cm³/mol. The molecule has 16 heavy (non-hydrogen) atoms. The van der Waals surface area contributed by atoms with Crippen LogP contribution >= 0.6 is 0 Å². The number of rotatable bonds is 9. The first-order valence-electron chi connectivity index (χ1n) is 5.10. The lowest BCUT2D eigenvalue weighted by Crippen LogP contribution is -2.39. The lowest BCUT2D eigenvalue weighted by Gasteiger charge is -2.30. The molecule has 0 aromatic heterocycles. The second-order valence-corrected chi connectivity index (χ2v) is 3.44. The maximum Gasteiger partial charge on any atom is 0.174 e. The molecule has 0 spiro atoms. The average molecular weight is 233 g/mol. The van der Waals surface area contributed by atoms with Crippen molar-refractivity contribution in [2.24, 2.45) is 0 Å². The highest BCUT2D eigenvalue weighted by Gasteiger charge is 2.16. The maximum absolute atomic E-state index is 5.14. The largest absolute Gasteiger partial charge is 0.365 e. The van der Waals surface area contributed by atoms with E-state index >= 15 is 0 Å². The summed E-state index contributed by atoms with van der Waals surface area (Å²) in [6.45, 7) is 7.00. The summed E-state index contributed by atoms with van der Waals surface area (Å²) in [6.07, 6.45) is -0.572. The van der Waals surface area contributed by atoms with Crippen molar-refractivity contribution in [1.82, 2.24) is 4.90 Å². The molecule has 0 fully saturated rings. The Morgan fingerprint density at radius 3 is 1.44 bits per heavy atom. The Kier molecular flexibility index (Phi) is 8.19. The quantitative estimate of drug-likeness (QED) is 0.557. The fourth-order valence-electron chi connectivity index (χ4n) is 1.24. The first-order chi connectivity index (χ1) is 7.58. The average Bonchev–Trinajstić information content (AvgIpc) is 2.29. The molecule has 0 aromatic rings. The SMILES string of the molecule is C=C(C)N(CC(OC)OC)CC(OC)OC. The van der Waals surface area contributed by atoms with Gasteiger partial charge in [0.25, 0.3) is 0 Å². The van der Waals surface area contributed by atoms with E-state index in [4.69, 9.17) is 18.9 Å². The summed E-state index contributed by atoms with van der Waals surface area (Å²) in [7, 11) is 6.42. The minimum atomic E-state index is -0.286. The molecule has 5 heteroatoms. The molecule has 0 radical (unpaired) electrons. The van der Waals surface area contributed by atoms with Gasteiger partial charge in [0.05, 0.1) is 13.1 Å². The lowest BCUT2D eigenvalue weighted by atomic mass is 10.4. The smallest absolute Gasteiger partial charge is 0.174 e. The molecule has 0 aliphatic heterocycles. The molecule has 0 aliphatic rings. The van der Waals surface area contributed by atoms with E-state index in [1.807, 2.05) is 11.8 Å². The molecule has 0 saturated heterocycles. The molecule has 0 rings (SSSR count). The van der Waals surface area contributed by atoms with Gasteiger partial charge < -0.3 is 23.8 Å². The standard InChI is InChI=1S/C11H23NO4/c1-9(2)12(7-10(13-3)14-4)8-11(15-5)16-6/h10-11H,1,7-8H2,2-6H3. The Morgan fingerprint density at radius 2 is 1.25 bits per heavy atom. The molecule has 0 unspecified atom stereocenters. The van der Waals surface area contributed by atoms with Gasteiger partial charge in [-0.05, 0) is 6.92 Å². The Bertz CT molecular complexity index is 176. The molecule has 0 N–H and O–H groups in total. The van der Waals surface area contributed by atoms with Crippen molar-refractivity contribution in [2.45, 2.75) is 19.5 Å². The summed E-state index contributed by atoms with van der Waals surface area (Å²) in [6, 6.07) is 0. The van der Waals surface area contributed by atoms with E-state index in [0.29, 0.717) is 13.1 Å². The van der Waals surface area contributed by atoms with Crippen LogP contribution in [0.1, 0.15) is 6.92 Å². The molecule has 0 aromatic carbocycles. The van der Waals surface area contributed by atoms with Crippen molar-refractivity contribution in [3.63, 3.8) is 0 Å². The fraction of sp³-hybridized carbons (Fsp3) is 0.818. The lowest BCUT2D eigenvalue weighted by molar-refractivity contribution is -0.138. The van der Waals surface area contributed by atoms with Crippen molar-refractivity contribution in [3.8, 4) is 0 Å². The van der Waals surface area contributed by atoms with Crippen molar-refractivity contribution in [1.29, 1.82) is 0 Å². The molecule has 0 heterocycles.